The van der Waals surface area contributed by atoms with Gasteiger partial charge in [-0.3, -0.25) is 4.79 Å². The van der Waals surface area contributed by atoms with Crippen LogP contribution in [0.15, 0.2) is 45.6 Å². The van der Waals surface area contributed by atoms with E-state index in [0.717, 1.165) is 45.1 Å². The van der Waals surface area contributed by atoms with Gasteiger partial charge in [0.15, 0.2) is 0 Å². The third-order valence-corrected chi connectivity index (χ3v) is 6.29. The van der Waals surface area contributed by atoms with Gasteiger partial charge < -0.3 is 14.1 Å². The van der Waals surface area contributed by atoms with Gasteiger partial charge >= 0.3 is 5.63 Å². The molecule has 4 rings (SSSR count). The topological polar surface area (TPSA) is 59.8 Å². The first-order chi connectivity index (χ1) is 14.1. The molecule has 1 amide bonds. The van der Waals surface area contributed by atoms with Crippen molar-refractivity contribution in [1.82, 2.24) is 4.90 Å². The predicted molar refractivity (Wildman–Crippen MR) is 111 cm³/mol. The number of benzene rings is 1. The molecule has 1 aromatic carbocycles. The number of ether oxygens (including phenoxy) is 1. The molecule has 0 saturated carbocycles. The molecule has 3 heterocycles. The highest BCUT2D eigenvalue weighted by molar-refractivity contribution is 5.95. The summed E-state index contributed by atoms with van der Waals surface area (Å²) in [5, 5.41) is 0. The molecule has 154 valence electrons. The summed E-state index contributed by atoms with van der Waals surface area (Å²) in [7, 11) is 0. The Morgan fingerprint density at radius 3 is 2.52 bits per heavy atom. The van der Waals surface area contributed by atoms with E-state index in [9.17, 15) is 9.59 Å². The Morgan fingerprint density at radius 1 is 1.10 bits per heavy atom. The molecule has 2 fully saturated rings. The van der Waals surface area contributed by atoms with E-state index in [1.165, 1.54) is 5.56 Å². The van der Waals surface area contributed by atoms with Gasteiger partial charge in [0.2, 0.25) is 0 Å². The zero-order chi connectivity index (χ0) is 20.3. The van der Waals surface area contributed by atoms with Gasteiger partial charge in [-0.2, -0.15) is 0 Å². The van der Waals surface area contributed by atoms with Crippen molar-refractivity contribution in [2.24, 2.45) is 0 Å². The molecule has 2 aliphatic rings. The molecular weight excluding hydrogens is 366 g/mol. The molecule has 0 aliphatic carbocycles. The summed E-state index contributed by atoms with van der Waals surface area (Å²) >= 11 is 0. The maximum Gasteiger partial charge on any atom is 0.349 e. The van der Waals surface area contributed by atoms with E-state index in [4.69, 9.17) is 9.15 Å². The molecule has 1 spiro atoms. The number of hydrogen-bond acceptors (Lipinski definition) is 4. The van der Waals surface area contributed by atoms with Crippen molar-refractivity contribution in [1.29, 1.82) is 0 Å². The van der Waals surface area contributed by atoms with Crippen LogP contribution in [0.3, 0.4) is 0 Å². The summed E-state index contributed by atoms with van der Waals surface area (Å²) in [4.78, 5) is 27.3. The first kappa shape index (κ1) is 19.9. The first-order valence-electron chi connectivity index (χ1n) is 10.7. The SMILES string of the molecule is Cc1cc(CCCc2ccccc2)oc(=O)c1C(=O)N1CCC2(CCCO2)CC1. The lowest BCUT2D eigenvalue weighted by Crippen LogP contribution is -2.47. The molecule has 0 radical (unpaired) electrons. The van der Waals surface area contributed by atoms with E-state index in [1.54, 1.807) is 4.90 Å². The van der Waals surface area contributed by atoms with Crippen LogP contribution in [-0.2, 0) is 17.6 Å². The fourth-order valence-corrected chi connectivity index (χ4v) is 4.59. The van der Waals surface area contributed by atoms with E-state index in [-0.39, 0.29) is 17.1 Å². The molecule has 1 aromatic heterocycles. The molecule has 0 N–H and O–H groups in total. The van der Waals surface area contributed by atoms with Crippen molar-refractivity contribution in [2.45, 2.75) is 57.5 Å². The molecule has 29 heavy (non-hydrogen) atoms. The Labute approximate surface area is 171 Å². The maximum absolute atomic E-state index is 13.0. The van der Waals surface area contributed by atoms with Gasteiger partial charge in [0.25, 0.3) is 5.91 Å². The summed E-state index contributed by atoms with van der Waals surface area (Å²) in [6.45, 7) is 3.92. The van der Waals surface area contributed by atoms with Crippen LogP contribution in [0, 0.1) is 6.92 Å². The van der Waals surface area contributed by atoms with E-state index in [1.807, 2.05) is 31.2 Å². The van der Waals surface area contributed by atoms with Crippen molar-refractivity contribution >= 4 is 5.91 Å². The quantitative estimate of drug-likeness (QED) is 0.770. The predicted octanol–water partition coefficient (Wildman–Crippen LogP) is 3.91. The van der Waals surface area contributed by atoms with Crippen LogP contribution < -0.4 is 5.63 Å². The average molecular weight is 395 g/mol. The number of rotatable bonds is 5. The Balaban J connectivity index is 1.39. The van der Waals surface area contributed by atoms with E-state index in [2.05, 4.69) is 12.1 Å². The highest BCUT2D eigenvalue weighted by Crippen LogP contribution is 2.35. The highest BCUT2D eigenvalue weighted by atomic mass is 16.5. The van der Waals surface area contributed by atoms with Crippen LogP contribution in [0.25, 0.3) is 0 Å². The number of likely N-dealkylation sites (tertiary alicyclic amines) is 1. The minimum absolute atomic E-state index is 0.0426. The second kappa shape index (κ2) is 8.54. The molecule has 2 saturated heterocycles. The summed E-state index contributed by atoms with van der Waals surface area (Å²) in [6, 6.07) is 12.1. The monoisotopic (exact) mass is 395 g/mol. The van der Waals surface area contributed by atoms with E-state index in [0.29, 0.717) is 30.8 Å². The van der Waals surface area contributed by atoms with Crippen LogP contribution in [0.1, 0.15) is 59.3 Å². The number of amides is 1. The molecule has 2 aromatic rings. The Bertz CT molecular complexity index is 902. The van der Waals surface area contributed by atoms with Crippen molar-refractivity contribution in [3.63, 3.8) is 0 Å². The lowest BCUT2D eigenvalue weighted by Gasteiger charge is -2.38. The molecular formula is C24H29NO4. The third kappa shape index (κ3) is 4.45. The third-order valence-electron chi connectivity index (χ3n) is 6.29. The number of carbonyl (C=O) groups is 1. The standard InChI is InChI=1S/C24H29NO4/c1-18-17-20(10-5-9-19-7-3-2-4-8-19)29-23(27)21(18)22(26)25-14-12-24(13-15-25)11-6-16-28-24/h2-4,7-8,17H,5-6,9-16H2,1H3. The van der Waals surface area contributed by atoms with Gasteiger partial charge in [0.05, 0.1) is 5.60 Å². The minimum Gasteiger partial charge on any atom is -0.427 e. The maximum atomic E-state index is 13.0. The van der Waals surface area contributed by atoms with Crippen molar-refractivity contribution < 1.29 is 13.9 Å². The Morgan fingerprint density at radius 2 is 1.86 bits per heavy atom. The summed E-state index contributed by atoms with van der Waals surface area (Å²) in [5.41, 5.74) is 1.60. The van der Waals surface area contributed by atoms with Gasteiger partial charge in [-0.15, -0.1) is 0 Å². The largest absolute Gasteiger partial charge is 0.427 e. The number of hydrogen-bond donors (Lipinski definition) is 0. The zero-order valence-electron chi connectivity index (χ0n) is 17.1. The molecule has 5 heteroatoms. The number of piperidine rings is 1. The zero-order valence-corrected chi connectivity index (χ0v) is 17.1. The summed E-state index contributed by atoms with van der Waals surface area (Å²) < 4.78 is 11.4. The van der Waals surface area contributed by atoms with Crippen molar-refractivity contribution in [3.05, 3.63) is 69.3 Å². The van der Waals surface area contributed by atoms with Gasteiger partial charge in [-0.1, -0.05) is 30.3 Å². The fraction of sp³-hybridized carbons (Fsp3) is 0.500. The van der Waals surface area contributed by atoms with Gasteiger partial charge in [0, 0.05) is 26.1 Å². The Kier molecular flexibility index (Phi) is 5.86. The molecule has 0 unspecified atom stereocenters. The second-order valence-corrected chi connectivity index (χ2v) is 8.32. The van der Waals surface area contributed by atoms with Crippen LogP contribution in [-0.4, -0.2) is 36.1 Å². The van der Waals surface area contributed by atoms with E-state index >= 15 is 0 Å². The lowest BCUT2D eigenvalue weighted by atomic mass is 9.88. The van der Waals surface area contributed by atoms with Gasteiger partial charge in [0.1, 0.15) is 11.3 Å². The second-order valence-electron chi connectivity index (χ2n) is 8.32. The smallest absolute Gasteiger partial charge is 0.349 e. The fourth-order valence-electron chi connectivity index (χ4n) is 4.59. The Hall–Kier alpha value is -2.40. The normalized spacial score (nSPS) is 18.3. The number of nitrogens with zero attached hydrogens (tertiary/aromatic N) is 1. The molecule has 0 bridgehead atoms. The lowest BCUT2D eigenvalue weighted by molar-refractivity contribution is -0.0388. The number of carbonyl (C=O) groups excluding carboxylic acids is 1. The number of aryl methyl sites for hydroxylation is 3. The van der Waals surface area contributed by atoms with E-state index < -0.39 is 5.63 Å². The highest BCUT2D eigenvalue weighted by Gasteiger charge is 2.40. The molecule has 2 aliphatic heterocycles. The van der Waals surface area contributed by atoms with Crippen LogP contribution in [0.2, 0.25) is 0 Å². The summed E-state index contributed by atoms with van der Waals surface area (Å²) in [6.07, 6.45) is 6.39. The van der Waals surface area contributed by atoms with Crippen LogP contribution >= 0.6 is 0 Å². The molecule has 5 nitrogen and oxygen atoms in total. The average Bonchev–Trinajstić information content (AvgIpc) is 3.17. The van der Waals surface area contributed by atoms with Gasteiger partial charge in [-0.25, -0.2) is 4.79 Å². The minimum atomic E-state index is -0.512. The first-order valence-corrected chi connectivity index (χ1v) is 10.7. The molecule has 0 atom stereocenters. The van der Waals surface area contributed by atoms with Crippen LogP contribution in [0.5, 0.6) is 0 Å². The van der Waals surface area contributed by atoms with Crippen molar-refractivity contribution in [2.75, 3.05) is 19.7 Å². The van der Waals surface area contributed by atoms with Gasteiger partial charge in [-0.05, 0) is 62.6 Å². The van der Waals surface area contributed by atoms with Crippen molar-refractivity contribution in [3.8, 4) is 0 Å². The summed E-state index contributed by atoms with van der Waals surface area (Å²) in [5.74, 6) is 0.442. The van der Waals surface area contributed by atoms with Crippen LogP contribution in [0.4, 0.5) is 0 Å².